The van der Waals surface area contributed by atoms with Crippen molar-refractivity contribution in [1.29, 1.82) is 0 Å². The minimum atomic E-state index is 0.759. The molecular formula is C14H11ClN2S. The van der Waals surface area contributed by atoms with Crippen LogP contribution in [0.15, 0.2) is 42.5 Å². The monoisotopic (exact) mass is 274 g/mol. The normalized spacial score (nSPS) is 10.8. The van der Waals surface area contributed by atoms with Crippen LogP contribution in [-0.2, 0) is 0 Å². The highest BCUT2D eigenvalue weighted by atomic mass is 35.5. The molecule has 1 N–H and O–H groups in total. The molecular weight excluding hydrogens is 264 g/mol. The van der Waals surface area contributed by atoms with Crippen LogP contribution in [0.1, 0.15) is 5.56 Å². The van der Waals surface area contributed by atoms with Gasteiger partial charge in [0.05, 0.1) is 10.2 Å². The zero-order chi connectivity index (χ0) is 12.5. The number of rotatable bonds is 2. The summed E-state index contributed by atoms with van der Waals surface area (Å²) in [6.45, 7) is 2.03. The minimum absolute atomic E-state index is 0.759. The molecule has 0 spiro atoms. The summed E-state index contributed by atoms with van der Waals surface area (Å²) >= 11 is 7.67. The van der Waals surface area contributed by atoms with Gasteiger partial charge in [-0.1, -0.05) is 41.1 Å². The van der Waals surface area contributed by atoms with Gasteiger partial charge in [0, 0.05) is 10.7 Å². The van der Waals surface area contributed by atoms with E-state index in [-0.39, 0.29) is 0 Å². The molecule has 0 aliphatic carbocycles. The lowest BCUT2D eigenvalue weighted by Crippen LogP contribution is -1.87. The van der Waals surface area contributed by atoms with Gasteiger partial charge in [0.1, 0.15) is 0 Å². The van der Waals surface area contributed by atoms with Gasteiger partial charge < -0.3 is 5.32 Å². The Hall–Kier alpha value is -1.58. The summed E-state index contributed by atoms with van der Waals surface area (Å²) in [6, 6.07) is 13.9. The van der Waals surface area contributed by atoms with Crippen LogP contribution < -0.4 is 5.32 Å². The van der Waals surface area contributed by atoms with Gasteiger partial charge in [0.25, 0.3) is 0 Å². The fourth-order valence-electron chi connectivity index (χ4n) is 1.85. The van der Waals surface area contributed by atoms with Crippen molar-refractivity contribution in [2.75, 3.05) is 5.32 Å². The maximum atomic E-state index is 6.05. The number of aromatic nitrogens is 1. The van der Waals surface area contributed by atoms with E-state index in [1.807, 2.05) is 49.4 Å². The van der Waals surface area contributed by atoms with Gasteiger partial charge in [-0.15, -0.1) is 0 Å². The smallest absolute Gasteiger partial charge is 0.188 e. The first-order chi connectivity index (χ1) is 8.72. The molecule has 0 fully saturated rings. The van der Waals surface area contributed by atoms with E-state index in [4.69, 9.17) is 11.6 Å². The number of halogens is 1. The first kappa shape index (κ1) is 11.5. The highest BCUT2D eigenvalue weighted by Gasteiger charge is 2.07. The van der Waals surface area contributed by atoms with Crippen LogP contribution in [0.4, 0.5) is 10.8 Å². The number of anilines is 2. The molecule has 1 heterocycles. The molecule has 0 amide bonds. The lowest BCUT2D eigenvalue weighted by Gasteiger charge is -2.00. The van der Waals surface area contributed by atoms with Crippen molar-refractivity contribution < 1.29 is 0 Å². The average molecular weight is 275 g/mol. The zero-order valence-electron chi connectivity index (χ0n) is 9.77. The number of thiazole rings is 1. The maximum absolute atomic E-state index is 6.05. The van der Waals surface area contributed by atoms with Gasteiger partial charge in [-0.25, -0.2) is 4.98 Å². The van der Waals surface area contributed by atoms with Gasteiger partial charge >= 0.3 is 0 Å². The van der Waals surface area contributed by atoms with Crippen LogP contribution >= 0.6 is 22.9 Å². The minimum Gasteiger partial charge on any atom is -0.332 e. The molecule has 0 aliphatic rings. The van der Waals surface area contributed by atoms with E-state index < -0.39 is 0 Å². The number of fused-ring (bicyclic) bond motifs is 1. The molecule has 0 unspecified atom stereocenters. The second-order valence-corrected chi connectivity index (χ2v) is 5.55. The molecule has 0 radical (unpaired) electrons. The lowest BCUT2D eigenvalue weighted by atomic mass is 10.2. The number of nitrogens with zero attached hydrogens (tertiary/aromatic N) is 1. The number of para-hydroxylation sites is 1. The first-order valence-electron chi connectivity index (χ1n) is 5.61. The van der Waals surface area contributed by atoms with E-state index in [0.717, 1.165) is 31.6 Å². The number of benzene rings is 2. The van der Waals surface area contributed by atoms with Crippen molar-refractivity contribution in [2.24, 2.45) is 0 Å². The molecule has 18 heavy (non-hydrogen) atoms. The Balaban J connectivity index is 2.01. The largest absolute Gasteiger partial charge is 0.332 e. The zero-order valence-corrected chi connectivity index (χ0v) is 11.3. The van der Waals surface area contributed by atoms with E-state index in [1.165, 1.54) is 0 Å². The van der Waals surface area contributed by atoms with Crippen LogP contribution in [0.5, 0.6) is 0 Å². The van der Waals surface area contributed by atoms with Crippen LogP contribution in [0, 0.1) is 6.92 Å². The van der Waals surface area contributed by atoms with Crippen LogP contribution in [0.2, 0.25) is 5.02 Å². The molecule has 0 saturated carbocycles. The van der Waals surface area contributed by atoms with Crippen LogP contribution in [-0.4, -0.2) is 4.98 Å². The van der Waals surface area contributed by atoms with Gasteiger partial charge in [-0.05, 0) is 36.8 Å². The van der Waals surface area contributed by atoms with Gasteiger partial charge in [0.2, 0.25) is 0 Å². The summed E-state index contributed by atoms with van der Waals surface area (Å²) in [4.78, 5) is 4.60. The fourth-order valence-corrected chi connectivity index (χ4v) is 3.19. The SMILES string of the molecule is Cc1cc(Cl)cc2sc(Nc3ccccc3)nc12. The molecule has 3 aromatic rings. The first-order valence-corrected chi connectivity index (χ1v) is 6.80. The van der Waals surface area contributed by atoms with Gasteiger partial charge in [-0.2, -0.15) is 0 Å². The summed E-state index contributed by atoms with van der Waals surface area (Å²) in [6.07, 6.45) is 0. The van der Waals surface area contributed by atoms with Crippen LogP contribution in [0.3, 0.4) is 0 Å². The van der Waals surface area contributed by atoms with Crippen molar-refractivity contribution in [1.82, 2.24) is 4.98 Å². The van der Waals surface area contributed by atoms with Crippen LogP contribution in [0.25, 0.3) is 10.2 Å². The van der Waals surface area contributed by atoms with Gasteiger partial charge in [-0.3, -0.25) is 0 Å². The predicted molar refractivity (Wildman–Crippen MR) is 79.1 cm³/mol. The summed E-state index contributed by atoms with van der Waals surface area (Å²) in [5.41, 5.74) is 3.16. The molecule has 0 atom stereocenters. The highest BCUT2D eigenvalue weighted by molar-refractivity contribution is 7.22. The Labute approximate surface area is 114 Å². The number of hydrogen-bond donors (Lipinski definition) is 1. The average Bonchev–Trinajstić information content (AvgIpc) is 2.73. The second kappa shape index (κ2) is 4.59. The topological polar surface area (TPSA) is 24.9 Å². The third kappa shape index (κ3) is 2.19. The molecule has 4 heteroatoms. The molecule has 90 valence electrons. The predicted octanol–water partition coefficient (Wildman–Crippen LogP) is 5.00. The van der Waals surface area contributed by atoms with E-state index >= 15 is 0 Å². The molecule has 0 aliphatic heterocycles. The van der Waals surface area contributed by atoms with Crippen molar-refractivity contribution in [2.45, 2.75) is 6.92 Å². The van der Waals surface area contributed by atoms with Crippen molar-refractivity contribution in [3.63, 3.8) is 0 Å². The quantitative estimate of drug-likeness (QED) is 0.711. The maximum Gasteiger partial charge on any atom is 0.188 e. The standard InChI is InChI=1S/C14H11ClN2S/c1-9-7-10(15)8-12-13(9)17-14(18-12)16-11-5-3-2-4-6-11/h2-8H,1H3,(H,16,17). The Morgan fingerprint density at radius 2 is 1.94 bits per heavy atom. The highest BCUT2D eigenvalue weighted by Crippen LogP contribution is 2.32. The van der Waals surface area contributed by atoms with E-state index in [0.29, 0.717) is 0 Å². The molecule has 2 nitrogen and oxygen atoms in total. The lowest BCUT2D eigenvalue weighted by molar-refractivity contribution is 1.40. The Bertz CT molecular complexity index is 692. The van der Waals surface area contributed by atoms with E-state index in [1.54, 1.807) is 11.3 Å². The molecule has 3 rings (SSSR count). The summed E-state index contributed by atoms with van der Waals surface area (Å²) < 4.78 is 1.11. The number of nitrogens with one attached hydrogen (secondary N) is 1. The molecule has 1 aromatic heterocycles. The number of aryl methyl sites for hydroxylation is 1. The molecule has 0 saturated heterocycles. The summed E-state index contributed by atoms with van der Waals surface area (Å²) in [7, 11) is 0. The third-order valence-corrected chi connectivity index (χ3v) is 3.81. The third-order valence-electron chi connectivity index (χ3n) is 2.68. The second-order valence-electron chi connectivity index (χ2n) is 4.08. The Kier molecular flexibility index (Phi) is 2.94. The Morgan fingerprint density at radius 1 is 1.17 bits per heavy atom. The molecule has 2 aromatic carbocycles. The fraction of sp³-hybridized carbons (Fsp3) is 0.0714. The van der Waals surface area contributed by atoms with E-state index in [9.17, 15) is 0 Å². The van der Waals surface area contributed by atoms with Gasteiger partial charge in [0.15, 0.2) is 5.13 Å². The van der Waals surface area contributed by atoms with E-state index in [2.05, 4.69) is 10.3 Å². The molecule has 0 bridgehead atoms. The Morgan fingerprint density at radius 3 is 2.72 bits per heavy atom. The summed E-state index contributed by atoms with van der Waals surface area (Å²) in [5, 5.41) is 4.95. The van der Waals surface area contributed by atoms with Crippen molar-refractivity contribution in [3.8, 4) is 0 Å². The summed E-state index contributed by atoms with van der Waals surface area (Å²) in [5.74, 6) is 0. The van der Waals surface area contributed by atoms with Crippen molar-refractivity contribution in [3.05, 3.63) is 53.1 Å². The van der Waals surface area contributed by atoms with Crippen molar-refractivity contribution >= 4 is 44.0 Å². The number of hydrogen-bond acceptors (Lipinski definition) is 3.